The van der Waals surface area contributed by atoms with Crippen LogP contribution in [0.15, 0.2) is 24.5 Å². The molecule has 0 spiro atoms. The van der Waals surface area contributed by atoms with Crippen molar-refractivity contribution in [3.8, 4) is 0 Å². The number of fused-ring (bicyclic) bond motifs is 1. The van der Waals surface area contributed by atoms with E-state index >= 15 is 0 Å². The van der Waals surface area contributed by atoms with Crippen molar-refractivity contribution in [2.24, 2.45) is 0 Å². The van der Waals surface area contributed by atoms with Gasteiger partial charge in [0, 0.05) is 0 Å². The van der Waals surface area contributed by atoms with Crippen LogP contribution in [0.5, 0.6) is 0 Å². The van der Waals surface area contributed by atoms with Crippen molar-refractivity contribution < 1.29 is 14.9 Å². The molecular formula is C7H6N3O3+. The first-order valence-corrected chi connectivity index (χ1v) is 3.55. The maximum absolute atomic E-state index is 10.5. The van der Waals surface area contributed by atoms with Crippen molar-refractivity contribution >= 4 is 16.7 Å². The Morgan fingerprint density at radius 3 is 3.08 bits per heavy atom. The molecule has 0 fully saturated rings. The molecule has 0 aromatic carbocycles. The predicted molar refractivity (Wildman–Crippen MR) is 42.3 cm³/mol. The average Bonchev–Trinajstić information content (AvgIpc) is 2.48. The number of aromatic amines is 1. The number of nitro groups is 1. The Labute approximate surface area is 72.2 Å². The Morgan fingerprint density at radius 2 is 2.38 bits per heavy atom. The topological polar surface area (TPSA) is 83.0 Å². The van der Waals surface area contributed by atoms with Gasteiger partial charge in [-0.2, -0.15) is 0 Å². The normalized spacial score (nSPS) is 10.5. The number of rotatable bonds is 1. The van der Waals surface area contributed by atoms with Crippen LogP contribution in [0.1, 0.15) is 0 Å². The number of hydrogen-bond donors (Lipinski definition) is 2. The second kappa shape index (κ2) is 2.44. The first-order chi connectivity index (χ1) is 6.20. The highest BCUT2D eigenvalue weighted by molar-refractivity contribution is 5.83. The van der Waals surface area contributed by atoms with Gasteiger partial charge >= 0.3 is 11.3 Å². The summed E-state index contributed by atoms with van der Waals surface area (Å²) < 4.78 is 0.808. The minimum atomic E-state index is -0.501. The monoisotopic (exact) mass is 180 g/mol. The predicted octanol–water partition coefficient (Wildman–Crippen LogP) is 0.601. The van der Waals surface area contributed by atoms with E-state index in [9.17, 15) is 15.3 Å². The van der Waals surface area contributed by atoms with Crippen molar-refractivity contribution in [2.75, 3.05) is 0 Å². The summed E-state index contributed by atoms with van der Waals surface area (Å²) in [6.07, 6.45) is 2.64. The fourth-order valence-electron chi connectivity index (χ4n) is 1.21. The Hall–Kier alpha value is -2.11. The number of hydrogen-bond acceptors (Lipinski definition) is 3. The largest absolute Gasteiger partial charge is 0.350 e. The second-order valence-corrected chi connectivity index (χ2v) is 2.55. The molecule has 0 bridgehead atoms. The van der Waals surface area contributed by atoms with Crippen molar-refractivity contribution in [3.63, 3.8) is 0 Å². The zero-order valence-corrected chi connectivity index (χ0v) is 6.47. The van der Waals surface area contributed by atoms with Crippen LogP contribution in [-0.4, -0.2) is 15.1 Å². The Kier molecular flexibility index (Phi) is 1.42. The lowest BCUT2D eigenvalue weighted by molar-refractivity contribution is -0.885. The van der Waals surface area contributed by atoms with E-state index in [2.05, 4.69) is 4.98 Å². The Bertz CT molecular complexity index is 477. The molecule has 2 rings (SSSR count). The second-order valence-electron chi connectivity index (χ2n) is 2.55. The summed E-state index contributed by atoms with van der Waals surface area (Å²) in [5.41, 5.74) is 0.271. The summed E-state index contributed by atoms with van der Waals surface area (Å²) in [6.45, 7) is 0. The molecule has 6 heteroatoms. The SMILES string of the molecule is O=[N+]([O-])c1c[nH]c2c1ccc[n+]2O. The lowest BCUT2D eigenvalue weighted by Gasteiger charge is -1.87. The molecule has 0 saturated carbocycles. The standard InChI is InChI=1S/C7H5N3O3/c11-9-3-1-2-5-6(10(12)13)4-8-7(5)9/h1-4,11H/p+1. The Balaban J connectivity index is 2.83. The van der Waals surface area contributed by atoms with Crippen molar-refractivity contribution in [1.82, 2.24) is 4.98 Å². The van der Waals surface area contributed by atoms with E-state index in [1.807, 2.05) is 0 Å². The van der Waals surface area contributed by atoms with Gasteiger partial charge in [-0.25, -0.2) is 4.98 Å². The number of nitrogens with one attached hydrogen (secondary N) is 1. The van der Waals surface area contributed by atoms with Gasteiger partial charge < -0.3 is 5.21 Å². The first-order valence-electron chi connectivity index (χ1n) is 3.55. The van der Waals surface area contributed by atoms with Gasteiger partial charge in [0.25, 0.3) is 0 Å². The maximum atomic E-state index is 10.5. The summed E-state index contributed by atoms with van der Waals surface area (Å²) in [5.74, 6) is 0. The summed E-state index contributed by atoms with van der Waals surface area (Å²) in [7, 11) is 0. The molecule has 0 amide bonds. The van der Waals surface area contributed by atoms with Crippen LogP contribution in [0.25, 0.3) is 11.0 Å². The zero-order valence-electron chi connectivity index (χ0n) is 6.47. The van der Waals surface area contributed by atoms with Gasteiger partial charge in [-0.1, -0.05) is 4.73 Å². The Morgan fingerprint density at radius 1 is 1.62 bits per heavy atom. The van der Waals surface area contributed by atoms with E-state index in [0.717, 1.165) is 4.73 Å². The first kappa shape index (κ1) is 7.53. The van der Waals surface area contributed by atoms with Crippen molar-refractivity contribution in [3.05, 3.63) is 34.6 Å². The lowest BCUT2D eigenvalue weighted by Crippen LogP contribution is -2.29. The molecule has 0 unspecified atom stereocenters. The van der Waals surface area contributed by atoms with Crippen LogP contribution < -0.4 is 4.73 Å². The molecule has 0 radical (unpaired) electrons. The van der Waals surface area contributed by atoms with Crippen LogP contribution in [0.4, 0.5) is 5.69 Å². The van der Waals surface area contributed by atoms with Crippen LogP contribution in [0.3, 0.4) is 0 Å². The molecule has 6 nitrogen and oxygen atoms in total. The van der Waals surface area contributed by atoms with Gasteiger partial charge in [-0.05, 0) is 12.1 Å². The van der Waals surface area contributed by atoms with Crippen LogP contribution >= 0.6 is 0 Å². The maximum Gasteiger partial charge on any atom is 0.333 e. The van der Waals surface area contributed by atoms with E-state index in [1.165, 1.54) is 18.5 Å². The van der Waals surface area contributed by atoms with E-state index in [-0.39, 0.29) is 5.69 Å². The molecule has 13 heavy (non-hydrogen) atoms. The summed E-state index contributed by atoms with van der Waals surface area (Å²) in [5, 5.41) is 20.1. The van der Waals surface area contributed by atoms with E-state index in [4.69, 9.17) is 0 Å². The smallest absolute Gasteiger partial charge is 0.333 e. The van der Waals surface area contributed by atoms with Gasteiger partial charge in [0.15, 0.2) is 6.20 Å². The van der Waals surface area contributed by atoms with Crippen molar-refractivity contribution in [2.45, 2.75) is 0 Å². The highest BCUT2D eigenvalue weighted by atomic mass is 16.6. The minimum absolute atomic E-state index is 0.0431. The van der Waals surface area contributed by atoms with E-state index in [0.29, 0.717) is 11.0 Å². The molecule has 2 heterocycles. The molecular weight excluding hydrogens is 174 g/mol. The molecule has 0 saturated heterocycles. The molecule has 0 atom stereocenters. The third kappa shape index (κ3) is 0.994. The molecule has 0 aliphatic rings. The molecule has 0 aliphatic heterocycles. The van der Waals surface area contributed by atoms with Gasteiger partial charge in [0.2, 0.25) is 0 Å². The molecule has 2 aromatic rings. The quantitative estimate of drug-likeness (QED) is 0.292. The fourth-order valence-corrected chi connectivity index (χ4v) is 1.21. The van der Waals surface area contributed by atoms with E-state index in [1.54, 1.807) is 6.07 Å². The minimum Gasteiger partial charge on any atom is -0.350 e. The van der Waals surface area contributed by atoms with Gasteiger partial charge in [-0.3, -0.25) is 10.1 Å². The summed E-state index contributed by atoms with van der Waals surface area (Å²) in [4.78, 5) is 12.6. The van der Waals surface area contributed by atoms with Crippen LogP contribution in [0.2, 0.25) is 0 Å². The number of H-pyrrole nitrogens is 1. The third-order valence-corrected chi connectivity index (χ3v) is 1.79. The van der Waals surface area contributed by atoms with Gasteiger partial charge in [0.05, 0.1) is 4.92 Å². The molecule has 0 aliphatic carbocycles. The van der Waals surface area contributed by atoms with Crippen LogP contribution in [0, 0.1) is 10.1 Å². The zero-order chi connectivity index (χ0) is 9.42. The average molecular weight is 180 g/mol. The summed E-state index contributed by atoms with van der Waals surface area (Å²) >= 11 is 0. The lowest BCUT2D eigenvalue weighted by atomic mass is 10.3. The third-order valence-electron chi connectivity index (χ3n) is 1.79. The van der Waals surface area contributed by atoms with Crippen molar-refractivity contribution in [1.29, 1.82) is 0 Å². The van der Waals surface area contributed by atoms with Gasteiger partial charge in [0.1, 0.15) is 11.6 Å². The molecule has 66 valence electrons. The highest BCUT2D eigenvalue weighted by Crippen LogP contribution is 2.21. The summed E-state index contributed by atoms with van der Waals surface area (Å²) in [6, 6.07) is 3.10. The van der Waals surface area contributed by atoms with Gasteiger partial charge in [-0.15, -0.1) is 0 Å². The number of aromatic nitrogens is 2. The van der Waals surface area contributed by atoms with Crippen LogP contribution in [-0.2, 0) is 0 Å². The molecule has 2 N–H and O–H groups in total. The number of nitrogens with zero attached hydrogens (tertiary/aromatic N) is 2. The highest BCUT2D eigenvalue weighted by Gasteiger charge is 2.20. The fraction of sp³-hybridized carbons (Fsp3) is 0. The van der Waals surface area contributed by atoms with E-state index < -0.39 is 4.92 Å². The number of pyridine rings is 1. The molecule has 2 aromatic heterocycles.